The fraction of sp³-hybridized carbons (Fsp3) is 0.231. The number of para-hydroxylation sites is 1. The van der Waals surface area contributed by atoms with Crippen LogP contribution in [0.2, 0.25) is 0 Å². The van der Waals surface area contributed by atoms with Crippen LogP contribution in [0, 0.1) is 0 Å². The largest absolute Gasteiger partial charge is 0.340 e. The Morgan fingerprint density at radius 1 is 0.593 bits per heavy atom. The average molecular weight is 351 g/mol. The molecule has 0 atom stereocenters. The normalized spacial score (nSPS) is 11.9. The Kier molecular flexibility index (Phi) is 4.09. The zero-order valence-electron chi connectivity index (χ0n) is 15.9. The molecule has 0 spiro atoms. The fourth-order valence-electron chi connectivity index (χ4n) is 4.42. The zero-order chi connectivity index (χ0) is 18.2. The lowest BCUT2D eigenvalue weighted by molar-refractivity contribution is 0.602. The van der Waals surface area contributed by atoms with Crippen LogP contribution in [0.3, 0.4) is 0 Å². The number of aryl methyl sites for hydroxylation is 1. The molecule has 4 aromatic carbocycles. The topological polar surface area (TPSA) is 4.93 Å². The van der Waals surface area contributed by atoms with E-state index in [-0.39, 0.29) is 0 Å². The fourth-order valence-corrected chi connectivity index (χ4v) is 4.42. The van der Waals surface area contributed by atoms with Crippen LogP contribution in [-0.2, 0) is 6.54 Å². The molecule has 27 heavy (non-hydrogen) atoms. The summed E-state index contributed by atoms with van der Waals surface area (Å²) in [6.07, 6.45) is 5.16. The number of hydrogen-bond acceptors (Lipinski definition) is 0. The van der Waals surface area contributed by atoms with Gasteiger partial charge in [0.15, 0.2) is 0 Å². The number of aromatic nitrogens is 1. The van der Waals surface area contributed by atoms with Crippen molar-refractivity contribution in [2.24, 2.45) is 0 Å². The summed E-state index contributed by atoms with van der Waals surface area (Å²) in [6, 6.07) is 27.0. The van der Waals surface area contributed by atoms with Crippen LogP contribution in [0.5, 0.6) is 0 Å². The Bertz CT molecular complexity index is 1260. The highest BCUT2D eigenvalue weighted by Crippen LogP contribution is 2.34. The van der Waals surface area contributed by atoms with E-state index in [2.05, 4.69) is 84.3 Å². The summed E-state index contributed by atoms with van der Waals surface area (Å²) in [6.45, 7) is 3.38. The van der Waals surface area contributed by atoms with Gasteiger partial charge >= 0.3 is 0 Å². The summed E-state index contributed by atoms with van der Waals surface area (Å²) in [5.74, 6) is 0. The summed E-state index contributed by atoms with van der Waals surface area (Å²) in [5.41, 5.74) is 2.74. The van der Waals surface area contributed by atoms with E-state index in [1.165, 1.54) is 69.0 Å². The molecule has 0 N–H and O–H groups in total. The first-order valence-electron chi connectivity index (χ1n) is 10.2. The van der Waals surface area contributed by atoms with Crippen LogP contribution in [0.1, 0.15) is 32.6 Å². The van der Waals surface area contributed by atoms with Crippen molar-refractivity contribution in [1.29, 1.82) is 0 Å². The summed E-state index contributed by atoms with van der Waals surface area (Å²) < 4.78 is 2.54. The van der Waals surface area contributed by atoms with Gasteiger partial charge in [-0.05, 0) is 58.3 Å². The van der Waals surface area contributed by atoms with E-state index in [1.54, 1.807) is 0 Å². The number of hydrogen-bond donors (Lipinski definition) is 0. The molecule has 0 bridgehead atoms. The van der Waals surface area contributed by atoms with Gasteiger partial charge in [-0.25, -0.2) is 0 Å². The maximum atomic E-state index is 2.54. The van der Waals surface area contributed by atoms with Crippen LogP contribution in [0.25, 0.3) is 43.4 Å². The van der Waals surface area contributed by atoms with E-state index < -0.39 is 0 Å². The molecule has 1 nitrogen and oxygen atoms in total. The van der Waals surface area contributed by atoms with Gasteiger partial charge in [-0.15, -0.1) is 0 Å². The van der Waals surface area contributed by atoms with E-state index in [4.69, 9.17) is 0 Å². The summed E-state index contributed by atoms with van der Waals surface area (Å²) in [5, 5.41) is 8.04. The Labute approximate surface area is 160 Å². The average Bonchev–Trinajstić information content (AvgIpc) is 3.01. The molecular weight excluding hydrogens is 326 g/mol. The predicted molar refractivity (Wildman–Crippen MR) is 119 cm³/mol. The lowest BCUT2D eigenvalue weighted by Gasteiger charge is -2.08. The van der Waals surface area contributed by atoms with E-state index in [1.807, 2.05) is 0 Å². The SMILES string of the molecule is CCCCCCn1c2ccccc2c2cc3cc4ccccc4cc3cc21. The van der Waals surface area contributed by atoms with Crippen LogP contribution in [-0.4, -0.2) is 4.57 Å². The van der Waals surface area contributed by atoms with Gasteiger partial charge < -0.3 is 4.57 Å². The Hall–Kier alpha value is -2.80. The Balaban J connectivity index is 1.75. The van der Waals surface area contributed by atoms with Crippen molar-refractivity contribution in [3.8, 4) is 0 Å². The predicted octanol–water partition coefficient (Wildman–Crippen LogP) is 7.68. The summed E-state index contributed by atoms with van der Waals surface area (Å²) in [7, 11) is 0. The van der Waals surface area contributed by atoms with Crippen LogP contribution in [0.15, 0.2) is 72.8 Å². The second-order valence-corrected chi connectivity index (χ2v) is 7.65. The molecular formula is C26H25N. The molecule has 0 aliphatic carbocycles. The van der Waals surface area contributed by atoms with Gasteiger partial charge in [0.25, 0.3) is 0 Å². The first-order valence-corrected chi connectivity index (χ1v) is 10.2. The quantitative estimate of drug-likeness (QED) is 0.226. The van der Waals surface area contributed by atoms with Crippen molar-refractivity contribution in [3.63, 3.8) is 0 Å². The van der Waals surface area contributed by atoms with Crippen molar-refractivity contribution >= 4 is 43.4 Å². The molecule has 0 aliphatic heterocycles. The van der Waals surface area contributed by atoms with E-state index >= 15 is 0 Å². The standard InChI is InChI=1S/C26H25N/c1-2-3-4-9-14-27-25-13-8-7-12-23(25)24-17-21-15-19-10-5-6-11-20(19)16-22(21)18-26(24)27/h5-8,10-13,15-18H,2-4,9,14H2,1H3. The number of benzene rings is 4. The Morgan fingerprint density at radius 2 is 1.30 bits per heavy atom. The highest BCUT2D eigenvalue weighted by atomic mass is 15.0. The highest BCUT2D eigenvalue weighted by Gasteiger charge is 2.11. The van der Waals surface area contributed by atoms with E-state index in [9.17, 15) is 0 Å². The molecule has 1 heterocycles. The van der Waals surface area contributed by atoms with Crippen LogP contribution < -0.4 is 0 Å². The van der Waals surface area contributed by atoms with Gasteiger partial charge in [0, 0.05) is 28.4 Å². The lowest BCUT2D eigenvalue weighted by atomic mass is 10.0. The van der Waals surface area contributed by atoms with Gasteiger partial charge in [0.05, 0.1) is 0 Å². The number of rotatable bonds is 5. The first kappa shape index (κ1) is 16.4. The van der Waals surface area contributed by atoms with Crippen molar-refractivity contribution in [1.82, 2.24) is 4.57 Å². The van der Waals surface area contributed by atoms with Gasteiger partial charge in [-0.2, -0.15) is 0 Å². The van der Waals surface area contributed by atoms with E-state index in [0.29, 0.717) is 0 Å². The molecule has 0 radical (unpaired) electrons. The van der Waals surface area contributed by atoms with Gasteiger partial charge in [-0.3, -0.25) is 0 Å². The number of nitrogens with zero attached hydrogens (tertiary/aromatic N) is 1. The third-order valence-corrected chi connectivity index (χ3v) is 5.83. The zero-order valence-corrected chi connectivity index (χ0v) is 15.9. The van der Waals surface area contributed by atoms with Crippen molar-refractivity contribution in [2.45, 2.75) is 39.2 Å². The molecule has 0 saturated heterocycles. The molecule has 0 amide bonds. The molecule has 0 fully saturated rings. The minimum atomic E-state index is 1.10. The third-order valence-electron chi connectivity index (χ3n) is 5.83. The summed E-state index contributed by atoms with van der Waals surface area (Å²) in [4.78, 5) is 0. The molecule has 134 valence electrons. The minimum absolute atomic E-state index is 1.10. The van der Waals surface area contributed by atoms with Gasteiger partial charge in [0.2, 0.25) is 0 Å². The van der Waals surface area contributed by atoms with Crippen LogP contribution >= 0.6 is 0 Å². The van der Waals surface area contributed by atoms with Crippen molar-refractivity contribution < 1.29 is 0 Å². The highest BCUT2D eigenvalue weighted by molar-refractivity contribution is 6.14. The van der Waals surface area contributed by atoms with Gasteiger partial charge in [-0.1, -0.05) is 68.7 Å². The van der Waals surface area contributed by atoms with Crippen molar-refractivity contribution in [3.05, 3.63) is 72.8 Å². The van der Waals surface area contributed by atoms with Gasteiger partial charge in [0.1, 0.15) is 0 Å². The molecule has 5 aromatic rings. The number of fused-ring (bicyclic) bond motifs is 5. The maximum absolute atomic E-state index is 2.54. The monoisotopic (exact) mass is 351 g/mol. The Morgan fingerprint density at radius 3 is 2.07 bits per heavy atom. The van der Waals surface area contributed by atoms with Crippen molar-refractivity contribution in [2.75, 3.05) is 0 Å². The second kappa shape index (κ2) is 6.74. The van der Waals surface area contributed by atoms with Crippen LogP contribution in [0.4, 0.5) is 0 Å². The lowest BCUT2D eigenvalue weighted by Crippen LogP contribution is -1.97. The molecule has 0 saturated carbocycles. The third kappa shape index (κ3) is 2.78. The molecule has 5 rings (SSSR count). The molecule has 0 unspecified atom stereocenters. The smallest absolute Gasteiger partial charge is 0.0497 e. The van der Waals surface area contributed by atoms with E-state index in [0.717, 1.165) is 6.54 Å². The minimum Gasteiger partial charge on any atom is -0.340 e. The maximum Gasteiger partial charge on any atom is 0.0497 e. The molecule has 0 aliphatic rings. The molecule has 1 aromatic heterocycles. The molecule has 1 heteroatoms. The summed E-state index contributed by atoms with van der Waals surface area (Å²) >= 11 is 0. The first-order chi connectivity index (χ1) is 13.3. The second-order valence-electron chi connectivity index (χ2n) is 7.65. The number of unbranched alkanes of at least 4 members (excludes halogenated alkanes) is 3.